The van der Waals surface area contributed by atoms with E-state index in [0.717, 1.165) is 6.42 Å². The molecule has 1 aromatic heterocycles. The van der Waals surface area contributed by atoms with E-state index < -0.39 is 0 Å². The van der Waals surface area contributed by atoms with Gasteiger partial charge in [-0.25, -0.2) is 0 Å². The van der Waals surface area contributed by atoms with E-state index in [1.807, 2.05) is 0 Å². The number of ether oxygens (including phenoxy) is 1. The van der Waals surface area contributed by atoms with Gasteiger partial charge in [0.2, 0.25) is 11.7 Å². The van der Waals surface area contributed by atoms with Gasteiger partial charge in [0.15, 0.2) is 0 Å². The van der Waals surface area contributed by atoms with Crippen LogP contribution in [0.1, 0.15) is 70.2 Å². The number of nitrogens with zero attached hydrogens (tertiary/aromatic N) is 2. The van der Waals surface area contributed by atoms with Crippen LogP contribution in [-0.4, -0.2) is 23.8 Å². The molecular weight excluding hydrogens is 254 g/mol. The summed E-state index contributed by atoms with van der Waals surface area (Å²) in [5.41, 5.74) is 5.61. The molecule has 1 heterocycles. The average Bonchev–Trinajstić information content (AvgIpc) is 2.98. The zero-order valence-corrected chi connectivity index (χ0v) is 12.9. The van der Waals surface area contributed by atoms with Crippen molar-refractivity contribution in [2.45, 2.75) is 63.9 Å². The fourth-order valence-electron chi connectivity index (χ4n) is 2.92. The molecule has 114 valence electrons. The monoisotopic (exact) mass is 281 g/mol. The van der Waals surface area contributed by atoms with Crippen molar-refractivity contribution < 1.29 is 9.26 Å². The Bertz CT molecular complexity index is 409. The highest BCUT2D eigenvalue weighted by atomic mass is 16.5. The van der Waals surface area contributed by atoms with Crippen LogP contribution in [0.3, 0.4) is 0 Å². The van der Waals surface area contributed by atoms with Crippen LogP contribution in [0.5, 0.6) is 0 Å². The second-order valence-electron chi connectivity index (χ2n) is 6.13. The first-order valence-corrected chi connectivity index (χ1v) is 7.71. The smallest absolute Gasteiger partial charge is 0.233 e. The van der Waals surface area contributed by atoms with E-state index in [-0.39, 0.29) is 11.5 Å². The molecular formula is C15H27N3O2. The second-order valence-corrected chi connectivity index (χ2v) is 6.13. The molecule has 1 aliphatic carbocycles. The van der Waals surface area contributed by atoms with Gasteiger partial charge in [0.05, 0.1) is 5.41 Å². The largest absolute Gasteiger partial charge is 0.373 e. The number of rotatable bonds is 6. The molecule has 1 aromatic rings. The second kappa shape index (κ2) is 6.68. The third-order valence-electron chi connectivity index (χ3n) is 4.78. The van der Waals surface area contributed by atoms with Gasteiger partial charge >= 0.3 is 0 Å². The first-order valence-electron chi connectivity index (χ1n) is 7.71. The highest BCUT2D eigenvalue weighted by molar-refractivity contribution is 5.05. The van der Waals surface area contributed by atoms with Gasteiger partial charge in [-0.15, -0.1) is 0 Å². The lowest BCUT2D eigenvalue weighted by Gasteiger charge is -2.27. The zero-order chi connectivity index (χ0) is 14.6. The van der Waals surface area contributed by atoms with Gasteiger partial charge in [-0.1, -0.05) is 31.3 Å². The summed E-state index contributed by atoms with van der Waals surface area (Å²) in [4.78, 5) is 4.59. The van der Waals surface area contributed by atoms with Gasteiger partial charge in [0, 0.05) is 13.7 Å². The minimum Gasteiger partial charge on any atom is -0.373 e. The standard InChI is InChI=1S/C15H27N3O2/c1-4-15(2,10-16)14-17-13(18-20-14)12(19-3)11-8-6-5-7-9-11/h11-12H,4-10,16H2,1-3H3. The minimum atomic E-state index is -0.240. The molecule has 2 rings (SSSR count). The summed E-state index contributed by atoms with van der Waals surface area (Å²) in [7, 11) is 1.73. The van der Waals surface area contributed by atoms with Crippen molar-refractivity contribution in [2.75, 3.05) is 13.7 Å². The molecule has 2 unspecified atom stereocenters. The molecule has 0 amide bonds. The van der Waals surface area contributed by atoms with E-state index in [1.165, 1.54) is 32.1 Å². The van der Waals surface area contributed by atoms with Gasteiger partial charge < -0.3 is 15.0 Å². The molecule has 1 saturated carbocycles. The topological polar surface area (TPSA) is 74.2 Å². The Kier molecular flexibility index (Phi) is 5.16. The summed E-state index contributed by atoms with van der Waals surface area (Å²) < 4.78 is 11.1. The first-order chi connectivity index (χ1) is 9.64. The number of methoxy groups -OCH3 is 1. The molecule has 2 atom stereocenters. The van der Waals surface area contributed by atoms with Crippen LogP contribution in [0, 0.1) is 5.92 Å². The summed E-state index contributed by atoms with van der Waals surface area (Å²) in [5.74, 6) is 1.82. The van der Waals surface area contributed by atoms with Crippen molar-refractivity contribution in [2.24, 2.45) is 11.7 Å². The van der Waals surface area contributed by atoms with E-state index in [9.17, 15) is 0 Å². The molecule has 5 nitrogen and oxygen atoms in total. The number of hydrogen-bond acceptors (Lipinski definition) is 5. The maximum atomic E-state index is 5.85. The van der Waals surface area contributed by atoms with Crippen molar-refractivity contribution in [1.82, 2.24) is 10.1 Å². The highest BCUT2D eigenvalue weighted by Crippen LogP contribution is 2.36. The molecule has 0 saturated heterocycles. The highest BCUT2D eigenvalue weighted by Gasteiger charge is 2.33. The molecule has 2 N–H and O–H groups in total. The molecule has 0 bridgehead atoms. The summed E-state index contributed by atoms with van der Waals surface area (Å²) in [6.07, 6.45) is 7.06. The van der Waals surface area contributed by atoms with Gasteiger partial charge in [0.1, 0.15) is 6.10 Å². The Hall–Kier alpha value is -0.940. The minimum absolute atomic E-state index is 0.0494. The molecule has 1 aliphatic rings. The molecule has 0 aromatic carbocycles. The van der Waals surface area contributed by atoms with Crippen molar-refractivity contribution in [3.63, 3.8) is 0 Å². The van der Waals surface area contributed by atoms with Crippen molar-refractivity contribution >= 4 is 0 Å². The average molecular weight is 281 g/mol. The van der Waals surface area contributed by atoms with Crippen LogP contribution in [-0.2, 0) is 10.2 Å². The van der Waals surface area contributed by atoms with Gasteiger partial charge in [-0.3, -0.25) is 0 Å². The van der Waals surface area contributed by atoms with Crippen LogP contribution in [0.4, 0.5) is 0 Å². The van der Waals surface area contributed by atoms with Crippen LogP contribution in [0.2, 0.25) is 0 Å². The lowest BCUT2D eigenvalue weighted by molar-refractivity contribution is 0.0273. The van der Waals surface area contributed by atoms with Crippen LogP contribution in [0.25, 0.3) is 0 Å². The van der Waals surface area contributed by atoms with E-state index in [4.69, 9.17) is 15.0 Å². The number of nitrogens with two attached hydrogens (primary N) is 1. The predicted molar refractivity (Wildman–Crippen MR) is 77.3 cm³/mol. The van der Waals surface area contributed by atoms with Crippen LogP contribution in [0.15, 0.2) is 4.52 Å². The Morgan fingerprint density at radius 3 is 2.65 bits per heavy atom. The van der Waals surface area contributed by atoms with Gasteiger partial charge in [-0.2, -0.15) is 4.98 Å². The Morgan fingerprint density at radius 1 is 1.40 bits per heavy atom. The van der Waals surface area contributed by atoms with Crippen LogP contribution < -0.4 is 5.73 Å². The van der Waals surface area contributed by atoms with Crippen LogP contribution >= 0.6 is 0 Å². The first kappa shape index (κ1) is 15.4. The van der Waals surface area contributed by atoms with Gasteiger partial charge in [-0.05, 0) is 32.1 Å². The van der Waals surface area contributed by atoms with E-state index in [0.29, 0.717) is 24.2 Å². The molecule has 20 heavy (non-hydrogen) atoms. The number of hydrogen-bond donors (Lipinski definition) is 1. The Morgan fingerprint density at radius 2 is 2.10 bits per heavy atom. The van der Waals surface area contributed by atoms with E-state index in [1.54, 1.807) is 7.11 Å². The lowest BCUT2D eigenvalue weighted by Crippen LogP contribution is -2.31. The van der Waals surface area contributed by atoms with E-state index in [2.05, 4.69) is 24.0 Å². The normalized spacial score (nSPS) is 21.6. The van der Waals surface area contributed by atoms with Gasteiger partial charge in [0.25, 0.3) is 0 Å². The Labute approximate surface area is 121 Å². The number of aromatic nitrogens is 2. The molecule has 1 fully saturated rings. The quantitative estimate of drug-likeness (QED) is 0.867. The van der Waals surface area contributed by atoms with E-state index >= 15 is 0 Å². The summed E-state index contributed by atoms with van der Waals surface area (Å²) in [5, 5.41) is 4.16. The fraction of sp³-hybridized carbons (Fsp3) is 0.867. The fourth-order valence-corrected chi connectivity index (χ4v) is 2.92. The molecule has 0 radical (unpaired) electrons. The zero-order valence-electron chi connectivity index (χ0n) is 12.9. The lowest BCUT2D eigenvalue weighted by atomic mass is 9.84. The third-order valence-corrected chi connectivity index (χ3v) is 4.78. The Balaban J connectivity index is 2.17. The van der Waals surface area contributed by atoms with Crippen molar-refractivity contribution in [1.29, 1.82) is 0 Å². The maximum Gasteiger partial charge on any atom is 0.233 e. The maximum absolute atomic E-state index is 5.85. The predicted octanol–water partition coefficient (Wildman–Crippen LogP) is 2.96. The molecule has 0 spiro atoms. The summed E-state index contributed by atoms with van der Waals surface area (Å²) in [6.45, 7) is 4.66. The molecule has 0 aliphatic heterocycles. The molecule has 5 heteroatoms. The van der Waals surface area contributed by atoms with Crippen molar-refractivity contribution in [3.05, 3.63) is 11.7 Å². The third kappa shape index (κ3) is 3.04. The van der Waals surface area contributed by atoms with Crippen molar-refractivity contribution in [3.8, 4) is 0 Å². The summed E-state index contributed by atoms with van der Waals surface area (Å²) in [6, 6.07) is 0. The SMILES string of the molecule is CCC(C)(CN)c1nc(C(OC)C2CCCCC2)no1. The summed E-state index contributed by atoms with van der Waals surface area (Å²) >= 11 is 0.